The predicted molar refractivity (Wildman–Crippen MR) is 85.4 cm³/mol. The van der Waals surface area contributed by atoms with E-state index in [-0.39, 0.29) is 5.41 Å². The third kappa shape index (κ3) is 1.25. The number of aromatic hydroxyl groups is 1. The second-order valence-corrected chi connectivity index (χ2v) is 7.82. The molecule has 1 saturated heterocycles. The van der Waals surface area contributed by atoms with Crippen molar-refractivity contribution in [3.8, 4) is 11.5 Å². The number of methoxy groups -OCH3 is 1. The van der Waals surface area contributed by atoms with Gasteiger partial charge in [0.25, 0.3) is 0 Å². The molecule has 116 valence electrons. The summed E-state index contributed by atoms with van der Waals surface area (Å²) in [6, 6.07) is 4.73. The van der Waals surface area contributed by atoms with Crippen LogP contribution >= 0.6 is 0 Å². The number of phenolic OH excluding ortho intramolecular Hbond substituents is 1. The Balaban J connectivity index is 1.80. The summed E-state index contributed by atoms with van der Waals surface area (Å²) >= 11 is 0. The number of allylic oxidation sites excluding steroid dienone is 1. The van der Waals surface area contributed by atoms with Crippen molar-refractivity contribution in [3.05, 3.63) is 34.9 Å². The fraction of sp³-hybridized carbons (Fsp3) is 0.579. The molecule has 22 heavy (non-hydrogen) atoms. The van der Waals surface area contributed by atoms with E-state index in [0.29, 0.717) is 23.0 Å². The summed E-state index contributed by atoms with van der Waals surface area (Å²) in [5.74, 6) is 1.02. The molecule has 1 heterocycles. The van der Waals surface area contributed by atoms with Crippen LogP contribution in [0.15, 0.2) is 23.8 Å². The summed E-state index contributed by atoms with van der Waals surface area (Å²) < 4.78 is 5.40. The van der Waals surface area contributed by atoms with E-state index < -0.39 is 0 Å². The lowest BCUT2D eigenvalue weighted by atomic mass is 9.61. The molecule has 0 amide bonds. The predicted octanol–water partition coefficient (Wildman–Crippen LogP) is 3.01. The number of likely N-dealkylation sites (tertiary alicyclic amines) is 1. The van der Waals surface area contributed by atoms with E-state index in [1.54, 1.807) is 12.7 Å². The number of ether oxygens (including phenoxy) is 1. The first-order valence-corrected chi connectivity index (χ1v) is 8.41. The Morgan fingerprint density at radius 1 is 1.36 bits per heavy atom. The van der Waals surface area contributed by atoms with E-state index in [1.165, 1.54) is 43.4 Å². The molecule has 2 bridgehead atoms. The molecule has 0 radical (unpaired) electrons. The van der Waals surface area contributed by atoms with Crippen molar-refractivity contribution in [1.82, 2.24) is 4.90 Å². The first-order valence-electron chi connectivity index (χ1n) is 8.41. The van der Waals surface area contributed by atoms with Gasteiger partial charge in [0.15, 0.2) is 11.5 Å². The number of nitrogens with zero attached hydrogens (tertiary/aromatic N) is 1. The van der Waals surface area contributed by atoms with Gasteiger partial charge in [-0.1, -0.05) is 12.1 Å². The number of likely N-dealkylation sites (N-methyl/N-ethyl adjacent to an activating group) is 1. The SMILES string of the molecule is COc1ccc2c(c1O)[C@@]13CCCC=C1[C@@H]1N(C)C[C@]1(C2)C3. The monoisotopic (exact) mass is 297 g/mol. The maximum absolute atomic E-state index is 10.9. The van der Waals surface area contributed by atoms with Crippen molar-refractivity contribution in [1.29, 1.82) is 0 Å². The minimum atomic E-state index is 0.0693. The lowest BCUT2D eigenvalue weighted by Gasteiger charge is -2.54. The maximum atomic E-state index is 10.9. The first-order chi connectivity index (χ1) is 10.6. The van der Waals surface area contributed by atoms with Crippen molar-refractivity contribution in [2.24, 2.45) is 5.41 Å². The standard InChI is InChI=1S/C19H23NO2/c1-20-11-18-9-12-6-7-14(22-2)16(21)15(12)19(10-18)8-4-3-5-13(19)17(18)20/h5-7,17,21H,3-4,8-11H2,1-2H3/t17-,18-,19+/m0/s1. The molecule has 1 N–H and O–H groups in total. The topological polar surface area (TPSA) is 32.7 Å². The first kappa shape index (κ1) is 13.0. The van der Waals surface area contributed by atoms with Crippen molar-refractivity contribution < 1.29 is 9.84 Å². The molecule has 3 atom stereocenters. The van der Waals surface area contributed by atoms with E-state index in [4.69, 9.17) is 4.74 Å². The van der Waals surface area contributed by atoms with Gasteiger partial charge in [0.1, 0.15) is 0 Å². The molecule has 4 aliphatic rings. The fourth-order valence-electron chi connectivity index (χ4n) is 6.33. The van der Waals surface area contributed by atoms with E-state index >= 15 is 0 Å². The van der Waals surface area contributed by atoms with E-state index in [2.05, 4.69) is 24.1 Å². The normalized spacial score (nSPS) is 38.5. The lowest BCUT2D eigenvalue weighted by Crippen LogP contribution is -2.61. The molecular weight excluding hydrogens is 274 g/mol. The molecule has 2 fully saturated rings. The fourth-order valence-corrected chi connectivity index (χ4v) is 6.33. The molecule has 5 rings (SSSR count). The third-order valence-electron chi connectivity index (χ3n) is 6.73. The zero-order chi connectivity index (χ0) is 15.1. The lowest BCUT2D eigenvalue weighted by molar-refractivity contribution is -0.0208. The molecule has 0 aromatic heterocycles. The molecular formula is C19H23NO2. The second kappa shape index (κ2) is 3.88. The van der Waals surface area contributed by atoms with Crippen LogP contribution in [0.3, 0.4) is 0 Å². The highest BCUT2D eigenvalue weighted by Gasteiger charge is 2.68. The summed E-state index contributed by atoms with van der Waals surface area (Å²) in [5.41, 5.74) is 4.62. The largest absolute Gasteiger partial charge is 0.504 e. The van der Waals surface area contributed by atoms with Crippen molar-refractivity contribution in [3.63, 3.8) is 0 Å². The minimum Gasteiger partial charge on any atom is -0.504 e. The highest BCUT2D eigenvalue weighted by atomic mass is 16.5. The average molecular weight is 297 g/mol. The van der Waals surface area contributed by atoms with Gasteiger partial charge in [-0.05, 0) is 56.4 Å². The zero-order valence-corrected chi connectivity index (χ0v) is 13.4. The van der Waals surface area contributed by atoms with Crippen LogP contribution in [0, 0.1) is 5.41 Å². The zero-order valence-electron chi connectivity index (χ0n) is 13.4. The van der Waals surface area contributed by atoms with Gasteiger partial charge < -0.3 is 9.84 Å². The van der Waals surface area contributed by atoms with Crippen LogP contribution in [0.4, 0.5) is 0 Å². The highest BCUT2D eigenvalue weighted by molar-refractivity contribution is 5.63. The molecule has 1 aromatic carbocycles. The van der Waals surface area contributed by atoms with Gasteiger partial charge in [0.05, 0.1) is 7.11 Å². The smallest absolute Gasteiger partial charge is 0.162 e. The quantitative estimate of drug-likeness (QED) is 0.809. The summed E-state index contributed by atoms with van der Waals surface area (Å²) in [4.78, 5) is 2.51. The van der Waals surface area contributed by atoms with E-state index in [0.717, 1.165) is 6.42 Å². The number of hydrogen-bond acceptors (Lipinski definition) is 3. The molecule has 2 spiro atoms. The van der Waals surface area contributed by atoms with Crippen LogP contribution in [-0.4, -0.2) is 36.8 Å². The Hall–Kier alpha value is -1.48. The van der Waals surface area contributed by atoms with Gasteiger partial charge in [-0.15, -0.1) is 0 Å². The molecule has 3 heteroatoms. The van der Waals surface area contributed by atoms with Gasteiger partial charge in [-0.3, -0.25) is 4.90 Å². The summed E-state index contributed by atoms with van der Waals surface area (Å²) in [6.45, 7) is 1.20. The summed E-state index contributed by atoms with van der Waals surface area (Å²) in [5, 5.41) is 10.9. The number of benzene rings is 1. The third-order valence-corrected chi connectivity index (χ3v) is 6.73. The minimum absolute atomic E-state index is 0.0693. The molecule has 0 unspecified atom stereocenters. The van der Waals surface area contributed by atoms with Crippen LogP contribution in [0.1, 0.15) is 36.8 Å². The van der Waals surface area contributed by atoms with Gasteiger partial charge >= 0.3 is 0 Å². The average Bonchev–Trinajstić information content (AvgIpc) is 2.67. The van der Waals surface area contributed by atoms with Crippen molar-refractivity contribution in [2.45, 2.75) is 43.6 Å². The van der Waals surface area contributed by atoms with E-state index in [1.807, 2.05) is 6.07 Å². The number of rotatable bonds is 1. The number of hydrogen-bond donors (Lipinski definition) is 1. The molecule has 3 aliphatic carbocycles. The van der Waals surface area contributed by atoms with Gasteiger partial charge in [0.2, 0.25) is 0 Å². The maximum Gasteiger partial charge on any atom is 0.162 e. The van der Waals surface area contributed by atoms with Crippen molar-refractivity contribution in [2.75, 3.05) is 20.7 Å². The Morgan fingerprint density at radius 2 is 2.23 bits per heavy atom. The van der Waals surface area contributed by atoms with Gasteiger partial charge in [0, 0.05) is 29.0 Å². The highest BCUT2D eigenvalue weighted by Crippen LogP contribution is 2.69. The van der Waals surface area contributed by atoms with Crippen LogP contribution in [0.5, 0.6) is 11.5 Å². The summed E-state index contributed by atoms with van der Waals surface area (Å²) in [6.07, 6.45) is 8.41. The van der Waals surface area contributed by atoms with Crippen LogP contribution < -0.4 is 4.74 Å². The number of fused-ring (bicyclic) bond motifs is 2. The summed E-state index contributed by atoms with van der Waals surface area (Å²) in [7, 11) is 3.90. The molecule has 1 aliphatic heterocycles. The van der Waals surface area contributed by atoms with Crippen molar-refractivity contribution >= 4 is 0 Å². The van der Waals surface area contributed by atoms with Crippen LogP contribution in [0.25, 0.3) is 0 Å². The van der Waals surface area contributed by atoms with Crippen LogP contribution in [0.2, 0.25) is 0 Å². The molecule has 3 nitrogen and oxygen atoms in total. The Morgan fingerprint density at radius 3 is 3.00 bits per heavy atom. The number of phenols is 1. The Bertz CT molecular complexity index is 710. The van der Waals surface area contributed by atoms with Gasteiger partial charge in [-0.25, -0.2) is 0 Å². The molecule has 1 aromatic rings. The van der Waals surface area contributed by atoms with Crippen LogP contribution in [-0.2, 0) is 11.8 Å². The Kier molecular flexibility index (Phi) is 2.30. The Labute approximate surface area is 131 Å². The van der Waals surface area contributed by atoms with E-state index in [9.17, 15) is 5.11 Å². The second-order valence-electron chi connectivity index (χ2n) is 7.82. The van der Waals surface area contributed by atoms with Gasteiger partial charge in [-0.2, -0.15) is 0 Å². The molecule has 1 saturated carbocycles.